The number of carbonyl (C=O) groups excluding carboxylic acids is 1. The average Bonchev–Trinajstić information content (AvgIpc) is 2.62. The summed E-state index contributed by atoms with van der Waals surface area (Å²) in [6.07, 6.45) is 0.245. The third kappa shape index (κ3) is 2.43. The fraction of sp³-hybridized carbons (Fsp3) is 0.333. The zero-order chi connectivity index (χ0) is 13.1. The average molecular weight is 249 g/mol. The predicted molar refractivity (Wildman–Crippen MR) is 67.2 cm³/mol. The number of nitrogens with two attached hydrogens (primary N) is 1. The Balaban J connectivity index is 2.20. The molecule has 0 aliphatic carbocycles. The monoisotopic (exact) mass is 249 g/mol. The fourth-order valence-electron chi connectivity index (χ4n) is 1.75. The Labute approximate surface area is 103 Å². The van der Waals surface area contributed by atoms with E-state index in [1.165, 1.54) is 4.57 Å². The van der Waals surface area contributed by atoms with Crippen molar-refractivity contribution >= 4 is 17.0 Å². The molecule has 2 rings (SSSR count). The van der Waals surface area contributed by atoms with Crippen LogP contribution in [0, 0.1) is 0 Å². The molecule has 0 saturated heterocycles. The van der Waals surface area contributed by atoms with Crippen LogP contribution in [0.3, 0.4) is 0 Å². The highest BCUT2D eigenvalue weighted by molar-refractivity contribution is 5.81. The van der Waals surface area contributed by atoms with Gasteiger partial charge in [0.2, 0.25) is 5.91 Å². The summed E-state index contributed by atoms with van der Waals surface area (Å²) >= 11 is 0. The Morgan fingerprint density at radius 2 is 2.28 bits per heavy atom. The molecule has 0 saturated carbocycles. The van der Waals surface area contributed by atoms with Crippen LogP contribution in [0.25, 0.3) is 11.1 Å². The van der Waals surface area contributed by atoms with E-state index in [1.807, 2.05) is 0 Å². The number of nitrogens with one attached hydrogen (secondary N) is 1. The molecule has 1 amide bonds. The maximum Gasteiger partial charge on any atom is 0.419 e. The van der Waals surface area contributed by atoms with Crippen LogP contribution >= 0.6 is 0 Å². The lowest BCUT2D eigenvalue weighted by Gasteiger charge is -2.03. The molecule has 0 spiro atoms. The molecule has 6 nitrogen and oxygen atoms in total. The van der Waals surface area contributed by atoms with Crippen molar-refractivity contribution in [2.45, 2.75) is 6.42 Å². The molecule has 0 radical (unpaired) electrons. The number of amides is 1. The van der Waals surface area contributed by atoms with Crippen molar-refractivity contribution in [2.75, 3.05) is 13.1 Å². The van der Waals surface area contributed by atoms with Crippen molar-refractivity contribution in [1.29, 1.82) is 0 Å². The summed E-state index contributed by atoms with van der Waals surface area (Å²) in [6.45, 7) is 0.875. The van der Waals surface area contributed by atoms with Gasteiger partial charge in [-0.25, -0.2) is 4.79 Å². The van der Waals surface area contributed by atoms with Crippen molar-refractivity contribution in [3.05, 3.63) is 34.3 Å². The van der Waals surface area contributed by atoms with E-state index in [0.717, 1.165) is 5.56 Å². The van der Waals surface area contributed by atoms with E-state index >= 15 is 0 Å². The number of hydrogen-bond acceptors (Lipinski definition) is 4. The molecule has 6 heteroatoms. The topological polar surface area (TPSA) is 90.3 Å². The second-order valence-corrected chi connectivity index (χ2v) is 4.04. The predicted octanol–water partition coefficient (Wildman–Crippen LogP) is -0.251. The summed E-state index contributed by atoms with van der Waals surface area (Å²) in [5.41, 5.74) is 7.30. The number of benzene rings is 1. The lowest BCUT2D eigenvalue weighted by atomic mass is 10.1. The Morgan fingerprint density at radius 3 is 3.00 bits per heavy atom. The number of carbonyl (C=O) groups is 1. The van der Waals surface area contributed by atoms with Crippen LogP contribution in [0.4, 0.5) is 0 Å². The van der Waals surface area contributed by atoms with E-state index in [2.05, 4.69) is 5.32 Å². The lowest BCUT2D eigenvalue weighted by Crippen LogP contribution is -2.30. The van der Waals surface area contributed by atoms with Gasteiger partial charge in [-0.15, -0.1) is 0 Å². The molecule has 0 fully saturated rings. The second-order valence-electron chi connectivity index (χ2n) is 4.04. The van der Waals surface area contributed by atoms with Crippen LogP contribution in [-0.2, 0) is 18.3 Å². The van der Waals surface area contributed by atoms with Gasteiger partial charge in [0, 0.05) is 20.1 Å². The van der Waals surface area contributed by atoms with Gasteiger partial charge in [0.05, 0.1) is 11.9 Å². The van der Waals surface area contributed by atoms with E-state index in [-0.39, 0.29) is 12.3 Å². The molecule has 0 atom stereocenters. The number of fused-ring (bicyclic) bond motifs is 1. The largest absolute Gasteiger partial charge is 0.419 e. The first-order chi connectivity index (χ1) is 8.61. The molecule has 1 aromatic heterocycles. The summed E-state index contributed by atoms with van der Waals surface area (Å²) < 4.78 is 6.48. The molecule has 0 unspecified atom stereocenters. The molecular formula is C12H15N3O3. The Bertz CT molecular complexity index is 627. The normalized spacial score (nSPS) is 10.8. The van der Waals surface area contributed by atoms with E-state index in [1.54, 1.807) is 25.2 Å². The standard InChI is InChI=1S/C12H15N3O3/c1-15-9-3-2-8(6-10(9)18-12(15)17)7-11(16)14-5-4-13/h2-3,6H,4-5,7,13H2,1H3,(H,14,16). The van der Waals surface area contributed by atoms with Crippen molar-refractivity contribution in [2.24, 2.45) is 12.8 Å². The Kier molecular flexibility index (Phi) is 3.47. The van der Waals surface area contributed by atoms with Gasteiger partial charge in [0.15, 0.2) is 5.58 Å². The molecule has 96 valence electrons. The number of oxazole rings is 1. The molecule has 1 heterocycles. The van der Waals surface area contributed by atoms with Gasteiger partial charge in [-0.2, -0.15) is 0 Å². The number of nitrogens with zero attached hydrogens (tertiary/aromatic N) is 1. The smallest absolute Gasteiger partial charge is 0.408 e. The lowest BCUT2D eigenvalue weighted by molar-refractivity contribution is -0.120. The minimum atomic E-state index is -0.408. The quantitative estimate of drug-likeness (QED) is 0.781. The van der Waals surface area contributed by atoms with E-state index in [9.17, 15) is 9.59 Å². The van der Waals surface area contributed by atoms with Gasteiger partial charge in [0.1, 0.15) is 0 Å². The maximum atomic E-state index is 11.5. The fourth-order valence-corrected chi connectivity index (χ4v) is 1.75. The maximum absolute atomic E-state index is 11.5. The molecular weight excluding hydrogens is 234 g/mol. The molecule has 18 heavy (non-hydrogen) atoms. The van der Waals surface area contributed by atoms with Crippen LogP contribution in [0.2, 0.25) is 0 Å². The van der Waals surface area contributed by atoms with Crippen molar-refractivity contribution in [3.8, 4) is 0 Å². The van der Waals surface area contributed by atoms with Crippen LogP contribution in [-0.4, -0.2) is 23.6 Å². The zero-order valence-electron chi connectivity index (χ0n) is 10.1. The minimum Gasteiger partial charge on any atom is -0.408 e. The van der Waals surface area contributed by atoms with Crippen LogP contribution in [0.15, 0.2) is 27.4 Å². The third-order valence-corrected chi connectivity index (χ3v) is 2.69. The highest BCUT2D eigenvalue weighted by Crippen LogP contribution is 2.14. The molecule has 2 aromatic rings. The van der Waals surface area contributed by atoms with Crippen LogP contribution in [0.1, 0.15) is 5.56 Å². The minimum absolute atomic E-state index is 0.0990. The molecule has 0 bridgehead atoms. The summed E-state index contributed by atoms with van der Waals surface area (Å²) in [6, 6.07) is 5.28. The number of rotatable bonds is 4. The van der Waals surface area contributed by atoms with Gasteiger partial charge < -0.3 is 15.5 Å². The van der Waals surface area contributed by atoms with Crippen LogP contribution < -0.4 is 16.8 Å². The van der Waals surface area contributed by atoms with Gasteiger partial charge in [-0.05, 0) is 17.7 Å². The van der Waals surface area contributed by atoms with Crippen molar-refractivity contribution in [1.82, 2.24) is 9.88 Å². The summed E-state index contributed by atoms with van der Waals surface area (Å²) in [4.78, 5) is 22.8. The van der Waals surface area contributed by atoms with Gasteiger partial charge in [0.25, 0.3) is 0 Å². The number of hydrogen-bond donors (Lipinski definition) is 2. The zero-order valence-corrected chi connectivity index (χ0v) is 10.1. The van der Waals surface area contributed by atoms with E-state index < -0.39 is 5.76 Å². The van der Waals surface area contributed by atoms with Gasteiger partial charge >= 0.3 is 5.76 Å². The highest BCUT2D eigenvalue weighted by Gasteiger charge is 2.08. The Hall–Kier alpha value is -2.08. The highest BCUT2D eigenvalue weighted by atomic mass is 16.4. The second kappa shape index (κ2) is 5.05. The molecule has 0 aliphatic heterocycles. The Morgan fingerprint density at radius 1 is 1.50 bits per heavy atom. The van der Waals surface area contributed by atoms with Crippen molar-refractivity contribution < 1.29 is 9.21 Å². The molecule has 1 aromatic carbocycles. The molecule has 3 N–H and O–H groups in total. The summed E-state index contributed by atoms with van der Waals surface area (Å²) in [5, 5.41) is 2.68. The van der Waals surface area contributed by atoms with Crippen LogP contribution in [0.5, 0.6) is 0 Å². The number of aryl methyl sites for hydroxylation is 1. The van der Waals surface area contributed by atoms with Gasteiger partial charge in [-0.3, -0.25) is 9.36 Å². The SMILES string of the molecule is Cn1c(=O)oc2cc(CC(=O)NCCN)ccc21. The third-order valence-electron chi connectivity index (χ3n) is 2.69. The summed E-state index contributed by atoms with van der Waals surface area (Å²) in [5.74, 6) is -0.507. The first kappa shape index (κ1) is 12.4. The van der Waals surface area contributed by atoms with Gasteiger partial charge in [-0.1, -0.05) is 6.07 Å². The summed E-state index contributed by atoms with van der Waals surface area (Å²) in [7, 11) is 1.64. The number of aromatic nitrogens is 1. The van der Waals surface area contributed by atoms with E-state index in [0.29, 0.717) is 24.2 Å². The first-order valence-corrected chi connectivity index (χ1v) is 5.67. The molecule has 0 aliphatic rings. The first-order valence-electron chi connectivity index (χ1n) is 5.67. The van der Waals surface area contributed by atoms with Crippen molar-refractivity contribution in [3.63, 3.8) is 0 Å². The van der Waals surface area contributed by atoms with E-state index in [4.69, 9.17) is 10.2 Å².